The first-order valence-electron chi connectivity index (χ1n) is 11.1. The Morgan fingerprint density at radius 1 is 1.12 bits per heavy atom. The molecule has 0 bridgehead atoms. The molecule has 3 aromatic rings. The second-order valence-corrected chi connectivity index (χ2v) is 10.2. The molecule has 1 fully saturated rings. The predicted octanol–water partition coefficient (Wildman–Crippen LogP) is 4.73. The lowest BCUT2D eigenvalue weighted by atomic mass is 9.89. The molecule has 2 aromatic carbocycles. The molecule has 1 aliphatic heterocycles. The van der Waals surface area contributed by atoms with Crippen LogP contribution in [0.4, 0.5) is 5.69 Å². The maximum atomic E-state index is 12.3. The van der Waals surface area contributed by atoms with Gasteiger partial charge >= 0.3 is 5.97 Å². The summed E-state index contributed by atoms with van der Waals surface area (Å²) in [5.41, 5.74) is 2.30. The van der Waals surface area contributed by atoms with Crippen molar-refractivity contribution in [2.75, 3.05) is 24.5 Å². The van der Waals surface area contributed by atoms with E-state index in [0.717, 1.165) is 40.8 Å². The molecule has 1 aliphatic rings. The van der Waals surface area contributed by atoms with Gasteiger partial charge in [0.25, 0.3) is 11.3 Å². The van der Waals surface area contributed by atoms with Gasteiger partial charge in [-0.05, 0) is 78.7 Å². The normalized spacial score (nSPS) is 16.6. The number of benzene rings is 2. The van der Waals surface area contributed by atoms with Crippen LogP contribution < -0.4 is 9.04 Å². The topological polar surface area (TPSA) is 90.3 Å². The maximum absolute atomic E-state index is 12.3. The molecule has 0 radical (unpaired) electrons. The molecule has 2 N–H and O–H groups in total. The fourth-order valence-electron chi connectivity index (χ4n) is 4.48. The Hall–Kier alpha value is -2.72. The standard InChI is InChI=1S/C25H28N2O5S2/c1-32-22-10-6-19(7-11-22)18-4-8-21(9-5-18)27(34(30)31)24(25(28)29)20-12-14-26(15-13-20)17-23-3-2-16-33-23/h2-11,16,20,24H,12-15,17H2,1H3,(H,28,29)(H,30,31). The summed E-state index contributed by atoms with van der Waals surface area (Å²) in [5, 5.41) is 12.1. The molecule has 2 unspecified atom stereocenters. The van der Waals surface area contributed by atoms with Crippen LogP contribution in [0.3, 0.4) is 0 Å². The smallest absolute Gasteiger partial charge is 0.327 e. The van der Waals surface area contributed by atoms with Crippen molar-refractivity contribution < 1.29 is 23.4 Å². The van der Waals surface area contributed by atoms with Crippen LogP contribution in [0.15, 0.2) is 66.0 Å². The minimum absolute atomic E-state index is 0.227. The highest BCUT2D eigenvalue weighted by Gasteiger charge is 2.38. The number of likely N-dealkylation sites (tertiary alicyclic amines) is 1. The number of aliphatic carboxylic acids is 1. The van der Waals surface area contributed by atoms with Crippen molar-refractivity contribution in [3.63, 3.8) is 0 Å². The van der Waals surface area contributed by atoms with Gasteiger partial charge in [0.05, 0.1) is 12.8 Å². The van der Waals surface area contributed by atoms with Crippen molar-refractivity contribution >= 4 is 34.3 Å². The van der Waals surface area contributed by atoms with Gasteiger partial charge in [0.1, 0.15) is 11.8 Å². The zero-order valence-electron chi connectivity index (χ0n) is 18.9. The zero-order valence-corrected chi connectivity index (χ0v) is 20.5. The van der Waals surface area contributed by atoms with E-state index in [-0.39, 0.29) is 5.92 Å². The summed E-state index contributed by atoms with van der Waals surface area (Å²) in [5.74, 6) is -0.555. The average molecular weight is 501 g/mol. The molecule has 7 nitrogen and oxygen atoms in total. The Kier molecular flexibility index (Phi) is 7.99. The largest absolute Gasteiger partial charge is 0.497 e. The molecule has 0 spiro atoms. The number of rotatable bonds is 9. The summed E-state index contributed by atoms with van der Waals surface area (Å²) in [7, 11) is 1.61. The monoisotopic (exact) mass is 500 g/mol. The number of hydrogen-bond donors (Lipinski definition) is 2. The van der Waals surface area contributed by atoms with Crippen LogP contribution in [0.1, 0.15) is 17.7 Å². The third kappa shape index (κ3) is 5.67. The Bertz CT molecular complexity index is 1100. The molecule has 180 valence electrons. The second kappa shape index (κ2) is 11.1. The highest BCUT2D eigenvalue weighted by molar-refractivity contribution is 7.80. The number of carboxylic acid groups (broad SMARTS) is 1. The summed E-state index contributed by atoms with van der Waals surface area (Å²) >= 11 is -0.761. The van der Waals surface area contributed by atoms with E-state index in [0.29, 0.717) is 18.5 Å². The Morgan fingerprint density at radius 3 is 2.24 bits per heavy atom. The number of carboxylic acids is 1. The highest BCUT2D eigenvalue weighted by Crippen LogP contribution is 2.32. The minimum Gasteiger partial charge on any atom is -0.497 e. The molecule has 9 heteroatoms. The molecule has 1 saturated heterocycles. The summed E-state index contributed by atoms with van der Waals surface area (Å²) in [4.78, 5) is 15.9. The molecular weight excluding hydrogens is 472 g/mol. The molecule has 2 heterocycles. The van der Waals surface area contributed by atoms with Gasteiger partial charge < -0.3 is 9.84 Å². The van der Waals surface area contributed by atoms with Crippen molar-refractivity contribution in [3.05, 3.63) is 70.9 Å². The minimum atomic E-state index is -2.47. The molecule has 1 aromatic heterocycles. The molecule has 4 rings (SSSR count). The van der Waals surface area contributed by atoms with E-state index >= 15 is 0 Å². The van der Waals surface area contributed by atoms with E-state index in [1.165, 1.54) is 4.88 Å². The summed E-state index contributed by atoms with van der Waals surface area (Å²) in [6.07, 6.45) is 1.31. The van der Waals surface area contributed by atoms with Gasteiger partial charge in [-0.1, -0.05) is 30.3 Å². The third-order valence-electron chi connectivity index (χ3n) is 6.26. The number of piperidine rings is 1. The van der Waals surface area contributed by atoms with Crippen LogP contribution in [0.2, 0.25) is 0 Å². The zero-order chi connectivity index (χ0) is 24.1. The van der Waals surface area contributed by atoms with Gasteiger partial charge in [0, 0.05) is 11.4 Å². The van der Waals surface area contributed by atoms with Crippen molar-refractivity contribution in [3.8, 4) is 16.9 Å². The summed E-state index contributed by atoms with van der Waals surface area (Å²) in [6, 6.07) is 17.7. The number of thiophene rings is 1. The van der Waals surface area contributed by atoms with Crippen LogP contribution in [0, 0.1) is 5.92 Å². The van der Waals surface area contributed by atoms with Crippen molar-refractivity contribution in [2.45, 2.75) is 25.4 Å². The van der Waals surface area contributed by atoms with Gasteiger partial charge in [0.15, 0.2) is 0 Å². The predicted molar refractivity (Wildman–Crippen MR) is 135 cm³/mol. The highest BCUT2D eigenvalue weighted by atomic mass is 32.2. The molecule has 0 aliphatic carbocycles. The quantitative estimate of drug-likeness (QED) is 0.413. The summed E-state index contributed by atoms with van der Waals surface area (Å²) < 4.78 is 28.8. The molecular formula is C25H28N2O5S2. The van der Waals surface area contributed by atoms with Crippen molar-refractivity contribution in [1.82, 2.24) is 4.90 Å². The maximum Gasteiger partial charge on any atom is 0.327 e. The number of ether oxygens (including phenoxy) is 1. The van der Waals surface area contributed by atoms with Crippen molar-refractivity contribution in [1.29, 1.82) is 0 Å². The fourth-order valence-corrected chi connectivity index (χ4v) is 5.98. The molecule has 0 amide bonds. The van der Waals surface area contributed by atoms with Crippen LogP contribution >= 0.6 is 11.3 Å². The second-order valence-electron chi connectivity index (χ2n) is 8.31. The molecule has 0 saturated carbocycles. The third-order valence-corrected chi connectivity index (χ3v) is 7.89. The number of nitrogens with zero attached hydrogens (tertiary/aromatic N) is 2. The fraction of sp³-hybridized carbons (Fsp3) is 0.320. The van der Waals surface area contributed by atoms with E-state index in [9.17, 15) is 18.7 Å². The van der Waals surface area contributed by atoms with E-state index in [2.05, 4.69) is 16.3 Å². The average Bonchev–Trinajstić information content (AvgIpc) is 3.36. The number of methoxy groups -OCH3 is 1. The SMILES string of the molecule is COc1ccc(-c2ccc(N(C(C(=O)O)C3CCN(Cc4cccs4)CC3)S(=O)O)cc2)cc1. The van der Waals surface area contributed by atoms with E-state index in [4.69, 9.17) is 4.74 Å². The Morgan fingerprint density at radius 2 is 1.74 bits per heavy atom. The van der Waals surface area contributed by atoms with Gasteiger partial charge in [0.2, 0.25) is 0 Å². The lowest BCUT2D eigenvalue weighted by Gasteiger charge is -2.38. The van der Waals surface area contributed by atoms with Crippen LogP contribution in [-0.4, -0.2) is 51.0 Å². The van der Waals surface area contributed by atoms with Gasteiger partial charge in [-0.3, -0.25) is 13.8 Å². The lowest BCUT2D eigenvalue weighted by molar-refractivity contribution is -0.140. The lowest BCUT2D eigenvalue weighted by Crippen LogP contribution is -2.50. The van der Waals surface area contributed by atoms with Crippen LogP contribution in [0.5, 0.6) is 5.75 Å². The van der Waals surface area contributed by atoms with E-state index in [1.54, 1.807) is 30.6 Å². The number of carbonyl (C=O) groups is 1. The molecule has 2 atom stereocenters. The molecule has 34 heavy (non-hydrogen) atoms. The number of hydrogen-bond acceptors (Lipinski definition) is 5. The van der Waals surface area contributed by atoms with Gasteiger partial charge in [-0.2, -0.15) is 0 Å². The number of anilines is 1. The Balaban J connectivity index is 1.50. The van der Waals surface area contributed by atoms with Crippen molar-refractivity contribution in [2.24, 2.45) is 5.92 Å². The first kappa shape index (κ1) is 24.4. The van der Waals surface area contributed by atoms with Crippen LogP contribution in [0.25, 0.3) is 11.1 Å². The van der Waals surface area contributed by atoms with Crippen LogP contribution in [-0.2, 0) is 22.6 Å². The van der Waals surface area contributed by atoms with E-state index in [1.807, 2.05) is 42.5 Å². The first-order valence-corrected chi connectivity index (χ1v) is 13.0. The van der Waals surface area contributed by atoms with E-state index < -0.39 is 23.3 Å². The van der Waals surface area contributed by atoms with Gasteiger partial charge in [-0.15, -0.1) is 11.3 Å². The summed E-state index contributed by atoms with van der Waals surface area (Å²) in [6.45, 7) is 2.37. The first-order chi connectivity index (χ1) is 16.5. The Labute approximate surface area is 206 Å². The van der Waals surface area contributed by atoms with Gasteiger partial charge in [-0.25, -0.2) is 9.00 Å².